The van der Waals surface area contributed by atoms with Gasteiger partial charge in [0.1, 0.15) is 24.7 Å². The number of alkyl carbamates (subject to hydrolysis) is 1. The molecule has 0 unspecified atom stereocenters. The molecule has 5 amide bonds. The molecule has 3 atom stereocenters. The fraction of sp³-hybridized carbons (Fsp3) is 0.393. The largest absolute Gasteiger partial charge is 0.465 e. The lowest BCUT2D eigenvalue weighted by molar-refractivity contribution is -0.141. The van der Waals surface area contributed by atoms with Crippen LogP contribution in [0.2, 0.25) is 0 Å². The van der Waals surface area contributed by atoms with E-state index in [0.717, 1.165) is 16.0 Å². The van der Waals surface area contributed by atoms with E-state index < -0.39 is 42.1 Å². The number of nitrogens with two attached hydrogens (primary N) is 1. The summed E-state index contributed by atoms with van der Waals surface area (Å²) in [7, 11) is 1.23. The Kier molecular flexibility index (Phi) is 10.9. The predicted octanol–water partition coefficient (Wildman–Crippen LogP) is 1.29. The average molecular weight is 569 g/mol. The Morgan fingerprint density at radius 2 is 1.78 bits per heavy atom. The third-order valence-corrected chi connectivity index (χ3v) is 6.80. The van der Waals surface area contributed by atoms with Crippen LogP contribution in [0.1, 0.15) is 30.9 Å². The van der Waals surface area contributed by atoms with Crippen molar-refractivity contribution in [3.8, 4) is 0 Å². The molecule has 6 N–H and O–H groups in total. The number of carbonyl (C=O) groups is 5. The van der Waals surface area contributed by atoms with Crippen molar-refractivity contribution in [2.75, 3.05) is 25.9 Å². The molecule has 0 aliphatic carbocycles. The van der Waals surface area contributed by atoms with Crippen molar-refractivity contribution in [3.63, 3.8) is 0 Å². The molecular weight excluding hydrogens is 532 g/mol. The van der Waals surface area contributed by atoms with Crippen LogP contribution in [0.4, 0.5) is 15.3 Å². The van der Waals surface area contributed by atoms with Gasteiger partial charge in [-0.2, -0.15) is 0 Å². The van der Waals surface area contributed by atoms with Crippen molar-refractivity contribution in [2.24, 2.45) is 0 Å². The smallest absolute Gasteiger partial charge is 0.407 e. The number of nitrogens with one attached hydrogen (secondary N) is 3. The number of amides is 5. The molecule has 41 heavy (non-hydrogen) atoms. The Labute approximate surface area is 238 Å². The Morgan fingerprint density at radius 1 is 1.07 bits per heavy atom. The second-order valence-corrected chi connectivity index (χ2v) is 9.73. The summed E-state index contributed by atoms with van der Waals surface area (Å²) in [6.07, 6.45) is -1.16. The van der Waals surface area contributed by atoms with E-state index in [2.05, 4.69) is 16.0 Å². The lowest BCUT2D eigenvalue weighted by Gasteiger charge is -2.30. The standard InChI is InChI=1S/C28H36N6O7/c1-18(33(2)28(39)40)24(35)32-22(16-31-27(38)41-17-19-8-4-3-5-9-19)26(37)34-13-7-12-23(34)25(36)30-15-20-10-6-11-21(29)14-20/h3-6,8-11,14,18,22-23H,7,12-13,15-17,29H2,1-2H3,(H,30,36)(H,31,38)(H,32,35)(H,39,40)/t18-,22-,23-/m0/s1. The number of carbonyl (C=O) groups excluding carboxylic acids is 4. The highest BCUT2D eigenvalue weighted by Crippen LogP contribution is 2.19. The first-order valence-electron chi connectivity index (χ1n) is 13.2. The number of nitrogen functional groups attached to an aromatic ring is 1. The summed E-state index contributed by atoms with van der Waals surface area (Å²) in [5.41, 5.74) is 7.93. The van der Waals surface area contributed by atoms with Crippen LogP contribution in [-0.2, 0) is 32.3 Å². The van der Waals surface area contributed by atoms with Gasteiger partial charge in [0.05, 0.1) is 6.54 Å². The zero-order chi connectivity index (χ0) is 29.9. The molecule has 0 bridgehead atoms. The molecule has 0 spiro atoms. The van der Waals surface area contributed by atoms with Crippen LogP contribution in [0.5, 0.6) is 0 Å². The summed E-state index contributed by atoms with van der Waals surface area (Å²) in [6, 6.07) is 12.9. The number of likely N-dealkylation sites (N-methyl/N-ethyl adjacent to an activating group) is 1. The number of likely N-dealkylation sites (tertiary alicyclic amines) is 1. The number of benzene rings is 2. The van der Waals surface area contributed by atoms with Crippen molar-refractivity contribution in [2.45, 2.75) is 51.0 Å². The fourth-order valence-electron chi connectivity index (χ4n) is 4.31. The number of carboxylic acid groups (broad SMARTS) is 1. The third kappa shape index (κ3) is 8.85. The molecule has 13 nitrogen and oxygen atoms in total. The van der Waals surface area contributed by atoms with Gasteiger partial charge in [0.15, 0.2) is 0 Å². The summed E-state index contributed by atoms with van der Waals surface area (Å²) < 4.78 is 5.20. The molecule has 0 radical (unpaired) electrons. The lowest BCUT2D eigenvalue weighted by Crippen LogP contribution is -2.59. The maximum absolute atomic E-state index is 13.6. The molecular formula is C28H36N6O7. The number of hydrogen-bond donors (Lipinski definition) is 5. The molecule has 3 rings (SSSR count). The summed E-state index contributed by atoms with van der Waals surface area (Å²) in [5.74, 6) is -1.69. The lowest BCUT2D eigenvalue weighted by atomic mass is 10.1. The molecule has 1 fully saturated rings. The first kappa shape index (κ1) is 30.7. The molecule has 1 aliphatic heterocycles. The summed E-state index contributed by atoms with van der Waals surface area (Å²) in [6.45, 7) is 1.52. The highest BCUT2D eigenvalue weighted by Gasteiger charge is 2.38. The van der Waals surface area contributed by atoms with Crippen LogP contribution in [0.25, 0.3) is 0 Å². The van der Waals surface area contributed by atoms with E-state index in [1.54, 1.807) is 42.5 Å². The van der Waals surface area contributed by atoms with Crippen LogP contribution >= 0.6 is 0 Å². The summed E-state index contributed by atoms with van der Waals surface area (Å²) in [5, 5.41) is 17.1. The van der Waals surface area contributed by atoms with Crippen molar-refractivity contribution in [1.82, 2.24) is 25.8 Å². The minimum Gasteiger partial charge on any atom is -0.465 e. The van der Waals surface area contributed by atoms with Gasteiger partial charge in [-0.15, -0.1) is 0 Å². The van der Waals surface area contributed by atoms with E-state index in [4.69, 9.17) is 10.5 Å². The van der Waals surface area contributed by atoms with Crippen molar-refractivity contribution in [3.05, 3.63) is 65.7 Å². The second-order valence-electron chi connectivity index (χ2n) is 9.73. The van der Waals surface area contributed by atoms with Crippen LogP contribution in [0, 0.1) is 0 Å². The Morgan fingerprint density at radius 3 is 2.46 bits per heavy atom. The molecule has 0 aromatic heterocycles. The topological polar surface area (TPSA) is 183 Å². The van der Waals surface area contributed by atoms with E-state index in [-0.39, 0.29) is 32.1 Å². The van der Waals surface area contributed by atoms with Gasteiger partial charge in [0.2, 0.25) is 17.7 Å². The van der Waals surface area contributed by atoms with Crippen molar-refractivity contribution >= 4 is 35.6 Å². The molecule has 1 aliphatic rings. The molecule has 13 heteroatoms. The quantitative estimate of drug-likeness (QED) is 0.251. The van der Waals surface area contributed by atoms with Crippen LogP contribution in [0.3, 0.4) is 0 Å². The SMILES string of the molecule is C[C@@H](C(=O)N[C@@H](CNC(=O)OCc1ccccc1)C(=O)N1CCC[C@H]1C(=O)NCc1cccc(N)c1)N(C)C(=O)O. The Balaban J connectivity index is 1.68. The first-order valence-corrected chi connectivity index (χ1v) is 13.2. The van der Waals surface area contributed by atoms with Gasteiger partial charge in [-0.05, 0) is 43.0 Å². The summed E-state index contributed by atoms with van der Waals surface area (Å²) >= 11 is 0. The Bertz CT molecular complexity index is 1240. The zero-order valence-corrected chi connectivity index (χ0v) is 23.0. The van der Waals surface area contributed by atoms with E-state index in [1.165, 1.54) is 18.9 Å². The maximum Gasteiger partial charge on any atom is 0.407 e. The molecule has 1 saturated heterocycles. The fourth-order valence-corrected chi connectivity index (χ4v) is 4.31. The van der Waals surface area contributed by atoms with Crippen molar-refractivity contribution < 1.29 is 33.8 Å². The van der Waals surface area contributed by atoms with E-state index >= 15 is 0 Å². The zero-order valence-electron chi connectivity index (χ0n) is 23.0. The first-order chi connectivity index (χ1) is 19.6. The van der Waals surface area contributed by atoms with Gasteiger partial charge >= 0.3 is 12.2 Å². The van der Waals surface area contributed by atoms with E-state index in [0.29, 0.717) is 18.5 Å². The van der Waals surface area contributed by atoms with Crippen molar-refractivity contribution in [1.29, 1.82) is 0 Å². The highest BCUT2D eigenvalue weighted by atomic mass is 16.5. The monoisotopic (exact) mass is 568 g/mol. The normalized spacial score (nSPS) is 15.8. The van der Waals surface area contributed by atoms with Gasteiger partial charge in [-0.3, -0.25) is 19.3 Å². The Hall–Kier alpha value is -4.81. The number of ether oxygens (including phenoxy) is 1. The van der Waals surface area contributed by atoms with Gasteiger partial charge in [0.25, 0.3) is 0 Å². The molecule has 2 aromatic carbocycles. The number of hydrogen-bond acceptors (Lipinski definition) is 7. The second kappa shape index (κ2) is 14.5. The number of anilines is 1. The maximum atomic E-state index is 13.6. The van der Waals surface area contributed by atoms with Gasteiger partial charge < -0.3 is 36.4 Å². The molecule has 2 aromatic rings. The molecule has 0 saturated carbocycles. The molecule has 220 valence electrons. The summed E-state index contributed by atoms with van der Waals surface area (Å²) in [4.78, 5) is 65.4. The van der Waals surface area contributed by atoms with Gasteiger partial charge in [0, 0.05) is 25.8 Å². The van der Waals surface area contributed by atoms with Crippen LogP contribution < -0.4 is 21.7 Å². The van der Waals surface area contributed by atoms with E-state index in [1.807, 2.05) is 12.1 Å². The van der Waals surface area contributed by atoms with Crippen LogP contribution in [0.15, 0.2) is 54.6 Å². The highest BCUT2D eigenvalue weighted by molar-refractivity contribution is 5.94. The van der Waals surface area contributed by atoms with Crippen LogP contribution in [-0.4, -0.2) is 83.1 Å². The average Bonchev–Trinajstić information content (AvgIpc) is 3.46. The van der Waals surface area contributed by atoms with Gasteiger partial charge in [-0.1, -0.05) is 42.5 Å². The minimum absolute atomic E-state index is 0.000476. The van der Waals surface area contributed by atoms with Gasteiger partial charge in [-0.25, -0.2) is 9.59 Å². The molecule has 1 heterocycles. The number of nitrogens with zero attached hydrogens (tertiary/aromatic N) is 2. The minimum atomic E-state index is -1.32. The predicted molar refractivity (Wildman–Crippen MR) is 149 cm³/mol. The third-order valence-electron chi connectivity index (χ3n) is 6.80. The van der Waals surface area contributed by atoms with E-state index in [9.17, 15) is 29.1 Å². The number of rotatable bonds is 11.